The van der Waals surface area contributed by atoms with E-state index in [4.69, 9.17) is 45.2 Å². The SMILES string of the molecule is CCOCCOC.CCOCCOCC(=O)NCC(=O)OC.CCc1c2c(nc3ccc(OC(=O)N4CCC(N5CCCCC5)CC4)cc13)-c1cc3c(c(=O)n1C2)COC(=O)C3(CC)OC(=O)CN.CI.[2H]C#C. The molecule has 0 radical (unpaired) electrons. The fourth-order valence-corrected chi connectivity index (χ4v) is 8.87. The van der Waals surface area contributed by atoms with Gasteiger partial charge in [-0.25, -0.2) is 14.6 Å². The second-order valence-electron chi connectivity index (χ2n) is 16.7. The Morgan fingerprint density at radius 1 is 0.918 bits per heavy atom. The Bertz CT molecular complexity index is 2400. The third-order valence-electron chi connectivity index (χ3n) is 12.5. The van der Waals surface area contributed by atoms with Crippen molar-refractivity contribution in [3.8, 4) is 30.0 Å². The number of halogens is 1. The fourth-order valence-electron chi connectivity index (χ4n) is 8.87. The number of fused-ring (bicyclic) bond motifs is 5. The van der Waals surface area contributed by atoms with Gasteiger partial charge in [0.25, 0.3) is 5.56 Å². The van der Waals surface area contributed by atoms with Gasteiger partial charge in [-0.1, -0.05) is 42.9 Å². The summed E-state index contributed by atoms with van der Waals surface area (Å²) in [6.45, 7) is 14.3. The van der Waals surface area contributed by atoms with Gasteiger partial charge in [0, 0.05) is 56.0 Å². The molecule has 4 aliphatic rings. The van der Waals surface area contributed by atoms with Crippen LogP contribution in [0.15, 0.2) is 29.1 Å². The lowest BCUT2D eigenvalue weighted by Gasteiger charge is -2.39. The van der Waals surface area contributed by atoms with Crippen LogP contribution in [0.4, 0.5) is 4.79 Å². The highest BCUT2D eigenvalue weighted by Crippen LogP contribution is 2.42. The molecule has 2 saturated heterocycles. The molecule has 2 fully saturated rings. The van der Waals surface area contributed by atoms with Gasteiger partial charge >= 0.3 is 24.0 Å². The molecule has 4 aliphatic heterocycles. The molecule has 1 aromatic carbocycles. The van der Waals surface area contributed by atoms with Gasteiger partial charge in [-0.15, -0.1) is 12.8 Å². The number of ether oxygens (including phenoxy) is 8. The largest absolute Gasteiger partial charge is 0.468 e. The van der Waals surface area contributed by atoms with Gasteiger partial charge in [-0.2, -0.15) is 0 Å². The van der Waals surface area contributed by atoms with Gasteiger partial charge in [0.05, 0.1) is 69.1 Å². The molecule has 73 heavy (non-hydrogen) atoms. The number of hydrogen-bond acceptors (Lipinski definition) is 17. The van der Waals surface area contributed by atoms with E-state index in [1.54, 1.807) is 35.6 Å². The zero-order valence-electron chi connectivity index (χ0n) is 44.5. The van der Waals surface area contributed by atoms with Crippen molar-refractivity contribution < 1.29 is 63.2 Å². The van der Waals surface area contributed by atoms with Crippen molar-refractivity contribution in [1.82, 2.24) is 24.7 Å². The number of nitrogens with zero attached hydrogens (tertiary/aromatic N) is 4. The van der Waals surface area contributed by atoms with E-state index >= 15 is 0 Å². The number of aromatic nitrogens is 2. The summed E-state index contributed by atoms with van der Waals surface area (Å²) in [5.74, 6) is -1.89. The molecule has 2 amide bonds. The van der Waals surface area contributed by atoms with Gasteiger partial charge in [-0.05, 0) is 100 Å². The Kier molecular flexibility index (Phi) is 27.2. The summed E-state index contributed by atoms with van der Waals surface area (Å²) in [7, 11) is 2.92. The summed E-state index contributed by atoms with van der Waals surface area (Å²) in [5.41, 5.74) is 7.73. The predicted octanol–water partition coefficient (Wildman–Crippen LogP) is 4.90. The molecule has 20 nitrogen and oxygen atoms in total. The van der Waals surface area contributed by atoms with Crippen LogP contribution in [0.2, 0.25) is 0 Å². The minimum absolute atomic E-state index is 0.0730. The van der Waals surface area contributed by atoms with Gasteiger partial charge in [-0.3, -0.25) is 19.2 Å². The minimum Gasteiger partial charge on any atom is -0.468 e. The van der Waals surface area contributed by atoms with Crippen LogP contribution in [-0.4, -0.2) is 160 Å². The van der Waals surface area contributed by atoms with Crippen LogP contribution in [0, 0.1) is 12.8 Å². The molecule has 1 unspecified atom stereocenters. The fraction of sp³-hybridized carbons (Fsp3) is 0.596. The minimum atomic E-state index is -1.77. The number of hydrogen-bond donors (Lipinski definition) is 2. The quantitative estimate of drug-likeness (QED) is 0.0336. The number of nitrogens with two attached hydrogens (primary N) is 1. The number of likely N-dealkylation sites (tertiary alicyclic amines) is 2. The number of cyclic esters (lactones) is 1. The number of pyridine rings is 2. The molecule has 0 bridgehead atoms. The number of terminal acetylenes is 1. The summed E-state index contributed by atoms with van der Waals surface area (Å²) in [4.78, 5) is 85.4. The van der Waals surface area contributed by atoms with E-state index in [0.717, 1.165) is 49.1 Å². The Labute approximate surface area is 444 Å². The number of carbonyl (C=O) groups is 5. The molecule has 7 rings (SSSR count). The molecular formula is C52H75IN6O14. The zero-order valence-corrected chi connectivity index (χ0v) is 45.6. The van der Waals surface area contributed by atoms with Crippen molar-refractivity contribution >= 4 is 63.4 Å². The highest BCUT2D eigenvalue weighted by Gasteiger charge is 2.50. The van der Waals surface area contributed by atoms with E-state index in [0.29, 0.717) is 86.8 Å². The van der Waals surface area contributed by atoms with Crippen LogP contribution < -0.4 is 21.3 Å². The first-order valence-electron chi connectivity index (χ1n) is 25.1. The van der Waals surface area contributed by atoms with E-state index in [1.807, 2.05) is 37.8 Å². The third kappa shape index (κ3) is 16.9. The first-order valence-corrected chi connectivity index (χ1v) is 26.8. The van der Waals surface area contributed by atoms with Crippen LogP contribution >= 0.6 is 22.6 Å². The van der Waals surface area contributed by atoms with Gasteiger partial charge in [0.15, 0.2) is 0 Å². The first kappa shape index (κ1) is 60.3. The number of alkyl halides is 1. The molecule has 2 aromatic heterocycles. The van der Waals surface area contributed by atoms with E-state index in [9.17, 15) is 28.8 Å². The van der Waals surface area contributed by atoms with Crippen LogP contribution in [0.5, 0.6) is 5.75 Å². The van der Waals surface area contributed by atoms with E-state index < -0.39 is 30.1 Å². The normalized spacial score (nSPS) is 16.7. The summed E-state index contributed by atoms with van der Waals surface area (Å²) < 4.78 is 48.2. The van der Waals surface area contributed by atoms with Crippen LogP contribution in [-0.2, 0) is 77.5 Å². The smallest absolute Gasteiger partial charge is 0.415 e. The molecule has 404 valence electrons. The molecule has 0 spiro atoms. The molecule has 3 aromatic rings. The average Bonchev–Trinajstić information content (AvgIpc) is 3.80. The number of nitrogens with one attached hydrogen (secondary N) is 1. The Hall–Kier alpha value is -5.22. The second kappa shape index (κ2) is 32.9. The number of benzene rings is 1. The number of aryl methyl sites for hydroxylation is 1. The lowest BCUT2D eigenvalue weighted by atomic mass is 9.85. The zero-order chi connectivity index (χ0) is 54.6. The van der Waals surface area contributed by atoms with Crippen LogP contribution in [0.25, 0.3) is 22.3 Å². The van der Waals surface area contributed by atoms with Gasteiger partial charge in [0.2, 0.25) is 11.5 Å². The van der Waals surface area contributed by atoms with Crippen molar-refractivity contribution in [2.24, 2.45) is 5.73 Å². The van der Waals surface area contributed by atoms with Gasteiger partial charge in [0.1, 0.15) is 26.9 Å². The van der Waals surface area contributed by atoms with Crippen molar-refractivity contribution in [2.45, 2.75) is 97.4 Å². The molecular weight excluding hydrogens is 1060 g/mol. The number of piperidine rings is 2. The van der Waals surface area contributed by atoms with E-state index in [1.165, 1.54) is 32.8 Å². The number of rotatable bonds is 18. The number of amides is 2. The lowest BCUT2D eigenvalue weighted by Crippen LogP contribution is -2.48. The lowest BCUT2D eigenvalue weighted by molar-refractivity contribution is -0.188. The Morgan fingerprint density at radius 3 is 2.18 bits per heavy atom. The molecule has 0 saturated carbocycles. The number of carbonyl (C=O) groups excluding carboxylic acids is 5. The summed E-state index contributed by atoms with van der Waals surface area (Å²) in [5, 5.41) is 3.20. The monoisotopic (exact) mass is 1140 g/mol. The second-order valence-corrected chi connectivity index (χ2v) is 16.7. The van der Waals surface area contributed by atoms with E-state index in [-0.39, 0.29) is 55.8 Å². The number of esters is 3. The van der Waals surface area contributed by atoms with Crippen molar-refractivity contribution in [1.29, 1.82) is 0 Å². The maximum atomic E-state index is 13.9. The van der Waals surface area contributed by atoms with Gasteiger partial charge < -0.3 is 63.3 Å². The summed E-state index contributed by atoms with van der Waals surface area (Å²) >= 11 is 2.15. The maximum absolute atomic E-state index is 13.9. The average molecular weight is 1140 g/mol. The topological polar surface area (TPSA) is 239 Å². The first-order chi connectivity index (χ1) is 35.8. The summed E-state index contributed by atoms with van der Waals surface area (Å²) in [6, 6.07) is 7.71. The van der Waals surface area contributed by atoms with Crippen molar-refractivity contribution in [2.75, 3.05) is 105 Å². The highest BCUT2D eigenvalue weighted by molar-refractivity contribution is 14.1. The maximum Gasteiger partial charge on any atom is 0.415 e. The standard InChI is InChI=1S/C35H41N5O7.C9H17NO5.C5H12O2.C2H2.CH3I/c1-3-23-24-16-22(46-34(44)39-14-10-21(11-15-39)38-12-6-5-7-13-38)8-9-28(24)37-31-25(23)19-40-29(31)17-27-26(32(40)42)20-45-33(43)35(27,4-2)47-30(41)18-36;1-3-14-4-5-15-7-8(11)10-6-9(12)13-2;1-3-7-5-4-6-2;2*1-2/h8-9,16-17,21H,3-7,10-15,18-20,36H2,1-2H3;3-7H2,1-2H3,(H,10,11);3-5H2,1-2H3;1-2H;1H3/i;;;1D;. The molecule has 1 atom stereocenters. The Balaban J connectivity index is 0.000000443. The molecule has 21 heteroatoms. The molecule has 3 N–H and O–H groups in total. The van der Waals surface area contributed by atoms with Crippen LogP contribution in [0.3, 0.4) is 0 Å². The predicted molar refractivity (Wildman–Crippen MR) is 283 cm³/mol. The van der Waals surface area contributed by atoms with Crippen molar-refractivity contribution in [3.05, 3.63) is 56.9 Å². The Morgan fingerprint density at radius 2 is 1.58 bits per heavy atom. The summed E-state index contributed by atoms with van der Waals surface area (Å²) in [6.07, 6.45) is 11.9. The highest BCUT2D eigenvalue weighted by atomic mass is 127. The molecule has 6 heterocycles. The third-order valence-corrected chi connectivity index (χ3v) is 12.5. The van der Waals surface area contributed by atoms with Crippen LogP contribution in [0.1, 0.15) is 89.8 Å². The van der Waals surface area contributed by atoms with Crippen molar-refractivity contribution in [3.63, 3.8) is 0 Å². The van der Waals surface area contributed by atoms with E-state index in [2.05, 4.69) is 44.0 Å². The number of methoxy groups -OCH3 is 2. The molecule has 0 aliphatic carbocycles.